The van der Waals surface area contributed by atoms with Crippen molar-refractivity contribution in [3.05, 3.63) is 81.8 Å². The van der Waals surface area contributed by atoms with Crippen molar-refractivity contribution in [1.82, 2.24) is 0 Å². The summed E-state index contributed by atoms with van der Waals surface area (Å²) in [5.74, 6) is -1.01. The molecule has 0 radical (unpaired) electrons. The number of thiophene rings is 1. The Morgan fingerprint density at radius 1 is 0.920 bits per heavy atom. The number of anilines is 2. The van der Waals surface area contributed by atoms with Crippen LogP contribution in [0.5, 0.6) is 0 Å². The highest BCUT2D eigenvalue weighted by Crippen LogP contribution is 2.21. The Balaban J connectivity index is 1.82. The number of hydrogen-bond acceptors (Lipinski definition) is 3. The number of amides is 2. The smallest absolute Gasteiger partial charge is 0.265 e. The van der Waals surface area contributed by atoms with Gasteiger partial charge in [0.15, 0.2) is 0 Å². The summed E-state index contributed by atoms with van der Waals surface area (Å²) in [4.78, 5) is 25.4. The second kappa shape index (κ2) is 7.27. The van der Waals surface area contributed by atoms with Gasteiger partial charge in [-0.15, -0.1) is 11.3 Å². The highest BCUT2D eigenvalue weighted by atomic mass is 32.1. The maximum absolute atomic E-state index is 13.2. The molecule has 2 N–H and O–H groups in total. The molecule has 3 aromatic rings. The number of rotatable bonds is 4. The third-order valence-electron chi connectivity index (χ3n) is 3.60. The summed E-state index contributed by atoms with van der Waals surface area (Å²) in [5.41, 5.74) is 1.88. The second-order valence-corrected chi connectivity index (χ2v) is 6.34. The Morgan fingerprint density at radius 3 is 2.40 bits per heavy atom. The minimum atomic E-state index is -0.378. The van der Waals surface area contributed by atoms with Gasteiger partial charge in [0.2, 0.25) is 0 Å². The van der Waals surface area contributed by atoms with Gasteiger partial charge >= 0.3 is 0 Å². The Bertz CT molecular complexity index is 923. The van der Waals surface area contributed by atoms with E-state index >= 15 is 0 Å². The molecule has 1 aromatic heterocycles. The maximum Gasteiger partial charge on any atom is 0.265 e. The maximum atomic E-state index is 13.2. The number of carbonyl (C=O) groups is 2. The number of halogens is 1. The van der Waals surface area contributed by atoms with Crippen LogP contribution in [0.3, 0.4) is 0 Å². The standard InChI is InChI=1S/C19H15FN2O2S/c1-12-11-13(20)8-9-15(12)21-18(23)14-5-2-3-6-16(14)22-19(24)17-7-4-10-25-17/h2-11H,1H3,(H,21,23)(H,22,24). The SMILES string of the molecule is Cc1cc(F)ccc1NC(=O)c1ccccc1NC(=O)c1cccs1. The van der Waals surface area contributed by atoms with Crippen LogP contribution in [-0.2, 0) is 0 Å². The van der Waals surface area contributed by atoms with Crippen LogP contribution in [-0.4, -0.2) is 11.8 Å². The molecule has 0 aliphatic carbocycles. The van der Waals surface area contributed by atoms with E-state index in [1.54, 1.807) is 43.3 Å². The fourth-order valence-electron chi connectivity index (χ4n) is 2.34. The first-order chi connectivity index (χ1) is 12.0. The minimum absolute atomic E-state index is 0.270. The molecule has 0 fully saturated rings. The van der Waals surface area contributed by atoms with Crippen LogP contribution in [0.2, 0.25) is 0 Å². The molecule has 0 unspecified atom stereocenters. The predicted octanol–water partition coefficient (Wildman–Crippen LogP) is 4.70. The molecule has 0 aliphatic rings. The molecule has 126 valence electrons. The lowest BCUT2D eigenvalue weighted by molar-refractivity contribution is 0.102. The topological polar surface area (TPSA) is 58.2 Å². The first-order valence-electron chi connectivity index (χ1n) is 7.56. The van der Waals surface area contributed by atoms with Gasteiger partial charge < -0.3 is 10.6 Å². The van der Waals surface area contributed by atoms with Gasteiger partial charge in [0.25, 0.3) is 11.8 Å². The van der Waals surface area contributed by atoms with Gasteiger partial charge in [-0.3, -0.25) is 9.59 Å². The van der Waals surface area contributed by atoms with E-state index in [0.717, 1.165) is 0 Å². The fraction of sp³-hybridized carbons (Fsp3) is 0.0526. The molecular formula is C19H15FN2O2S. The third kappa shape index (κ3) is 3.92. The number of nitrogens with one attached hydrogen (secondary N) is 2. The van der Waals surface area contributed by atoms with Crippen LogP contribution in [0.15, 0.2) is 60.0 Å². The van der Waals surface area contributed by atoms with Crippen molar-refractivity contribution in [3.8, 4) is 0 Å². The number of carbonyl (C=O) groups excluding carboxylic acids is 2. The van der Waals surface area contributed by atoms with Gasteiger partial charge in [-0.1, -0.05) is 18.2 Å². The van der Waals surface area contributed by atoms with Crippen LogP contribution in [0.1, 0.15) is 25.6 Å². The second-order valence-electron chi connectivity index (χ2n) is 5.39. The van der Waals surface area contributed by atoms with Crippen LogP contribution < -0.4 is 10.6 Å². The average Bonchev–Trinajstić information content (AvgIpc) is 3.12. The molecule has 2 amide bonds. The summed E-state index contributed by atoms with van der Waals surface area (Å²) in [6, 6.07) is 14.4. The van der Waals surface area contributed by atoms with E-state index in [4.69, 9.17) is 0 Å². The normalized spacial score (nSPS) is 10.3. The summed E-state index contributed by atoms with van der Waals surface area (Å²) < 4.78 is 13.2. The molecule has 4 nitrogen and oxygen atoms in total. The molecule has 6 heteroatoms. The monoisotopic (exact) mass is 354 g/mol. The lowest BCUT2D eigenvalue weighted by Crippen LogP contribution is -2.18. The van der Waals surface area contributed by atoms with Crippen molar-refractivity contribution in [2.24, 2.45) is 0 Å². The zero-order chi connectivity index (χ0) is 17.8. The van der Waals surface area contributed by atoms with E-state index < -0.39 is 0 Å². The van der Waals surface area contributed by atoms with Crippen molar-refractivity contribution in [3.63, 3.8) is 0 Å². The molecular weight excluding hydrogens is 339 g/mol. The van der Waals surface area contributed by atoms with Gasteiger partial charge in [0.1, 0.15) is 5.82 Å². The van der Waals surface area contributed by atoms with E-state index in [0.29, 0.717) is 27.4 Å². The van der Waals surface area contributed by atoms with Crippen molar-refractivity contribution in [2.45, 2.75) is 6.92 Å². The fourth-order valence-corrected chi connectivity index (χ4v) is 2.96. The van der Waals surface area contributed by atoms with Gasteiger partial charge in [0, 0.05) is 5.69 Å². The Morgan fingerprint density at radius 2 is 1.68 bits per heavy atom. The minimum Gasteiger partial charge on any atom is -0.322 e. The highest BCUT2D eigenvalue weighted by molar-refractivity contribution is 7.12. The lowest BCUT2D eigenvalue weighted by atomic mass is 10.1. The zero-order valence-corrected chi connectivity index (χ0v) is 14.2. The van der Waals surface area contributed by atoms with E-state index in [-0.39, 0.29) is 17.6 Å². The molecule has 0 saturated carbocycles. The first kappa shape index (κ1) is 16.9. The summed E-state index contributed by atoms with van der Waals surface area (Å²) in [6.07, 6.45) is 0. The quantitative estimate of drug-likeness (QED) is 0.713. The average molecular weight is 354 g/mol. The molecule has 0 saturated heterocycles. The van der Waals surface area contributed by atoms with Crippen molar-refractivity contribution >= 4 is 34.5 Å². The molecule has 0 spiro atoms. The molecule has 0 aliphatic heterocycles. The van der Waals surface area contributed by atoms with Crippen LogP contribution in [0, 0.1) is 12.7 Å². The van der Waals surface area contributed by atoms with E-state index in [2.05, 4.69) is 10.6 Å². The van der Waals surface area contributed by atoms with E-state index in [1.807, 2.05) is 5.38 Å². The lowest BCUT2D eigenvalue weighted by Gasteiger charge is -2.12. The first-order valence-corrected chi connectivity index (χ1v) is 8.44. The summed E-state index contributed by atoms with van der Waals surface area (Å²) in [5, 5.41) is 7.31. The van der Waals surface area contributed by atoms with Crippen LogP contribution in [0.25, 0.3) is 0 Å². The third-order valence-corrected chi connectivity index (χ3v) is 4.47. The summed E-state index contributed by atoms with van der Waals surface area (Å²) in [6.45, 7) is 1.71. The number of para-hydroxylation sites is 1. The number of benzene rings is 2. The largest absolute Gasteiger partial charge is 0.322 e. The van der Waals surface area contributed by atoms with Gasteiger partial charge in [-0.25, -0.2) is 4.39 Å². The summed E-state index contributed by atoms with van der Waals surface area (Å²) >= 11 is 1.32. The van der Waals surface area contributed by atoms with Crippen molar-refractivity contribution < 1.29 is 14.0 Å². The van der Waals surface area contributed by atoms with Gasteiger partial charge in [0.05, 0.1) is 16.1 Å². The van der Waals surface area contributed by atoms with Crippen molar-refractivity contribution in [2.75, 3.05) is 10.6 Å². The Hall–Kier alpha value is -2.99. The molecule has 25 heavy (non-hydrogen) atoms. The van der Waals surface area contributed by atoms with Crippen LogP contribution in [0.4, 0.5) is 15.8 Å². The number of aryl methyl sites for hydroxylation is 1. The van der Waals surface area contributed by atoms with Gasteiger partial charge in [-0.2, -0.15) is 0 Å². The molecule has 0 bridgehead atoms. The summed E-state index contributed by atoms with van der Waals surface area (Å²) in [7, 11) is 0. The molecule has 1 heterocycles. The van der Waals surface area contributed by atoms with Gasteiger partial charge in [-0.05, 0) is 54.3 Å². The highest BCUT2D eigenvalue weighted by Gasteiger charge is 2.15. The van der Waals surface area contributed by atoms with Crippen molar-refractivity contribution in [1.29, 1.82) is 0 Å². The Labute approximate surface area is 148 Å². The zero-order valence-electron chi connectivity index (χ0n) is 13.4. The van der Waals surface area contributed by atoms with Crippen LogP contribution >= 0.6 is 11.3 Å². The Kier molecular flexibility index (Phi) is 4.90. The molecule has 0 atom stereocenters. The predicted molar refractivity (Wildman–Crippen MR) is 97.8 cm³/mol. The molecule has 2 aromatic carbocycles. The van der Waals surface area contributed by atoms with E-state index in [9.17, 15) is 14.0 Å². The number of hydrogen-bond donors (Lipinski definition) is 2. The van der Waals surface area contributed by atoms with E-state index in [1.165, 1.54) is 29.5 Å². The molecule has 3 rings (SSSR count).